The van der Waals surface area contributed by atoms with E-state index in [1.165, 1.54) is 51.4 Å². The van der Waals surface area contributed by atoms with Crippen molar-refractivity contribution in [2.75, 3.05) is 18.6 Å². The first kappa shape index (κ1) is 17.0. The third kappa shape index (κ3) is 2.60. The van der Waals surface area contributed by atoms with Crippen LogP contribution >= 0.6 is 0 Å². The second kappa shape index (κ2) is 6.71. The summed E-state index contributed by atoms with van der Waals surface area (Å²) in [7, 11) is 1.59. The molecule has 0 bridgehead atoms. The minimum absolute atomic E-state index is 0.0290. The van der Waals surface area contributed by atoms with Gasteiger partial charge < -0.3 is 4.74 Å². The number of aromatic nitrogens is 3. The maximum atomic E-state index is 12.9. The zero-order valence-electron chi connectivity index (χ0n) is 15.5. The Morgan fingerprint density at radius 3 is 2.68 bits per heavy atom. The number of methoxy groups -OCH3 is 1. The normalized spacial score (nSPS) is 27.8. The van der Waals surface area contributed by atoms with E-state index in [1.54, 1.807) is 7.11 Å². The zero-order valence-corrected chi connectivity index (χ0v) is 15.5. The second-order valence-corrected chi connectivity index (χ2v) is 7.91. The number of nitrogens with zero attached hydrogens (tertiary/aromatic N) is 4. The molecule has 4 rings (SSSR count). The molecular weight excluding hydrogens is 316 g/mol. The first-order valence-corrected chi connectivity index (χ1v) is 9.98. The lowest BCUT2D eigenvalue weighted by Crippen LogP contribution is -2.62. The van der Waals surface area contributed by atoms with Crippen LogP contribution in [0.3, 0.4) is 0 Å². The van der Waals surface area contributed by atoms with Gasteiger partial charge >= 0.3 is 0 Å². The van der Waals surface area contributed by atoms with Crippen LogP contribution in [0.2, 0.25) is 0 Å². The fraction of sp³-hybridized carbons (Fsp3) is 0.842. The van der Waals surface area contributed by atoms with Gasteiger partial charge in [0.2, 0.25) is 5.95 Å². The van der Waals surface area contributed by atoms with Crippen molar-refractivity contribution in [2.24, 2.45) is 5.92 Å². The Hall–Kier alpha value is -1.43. The Morgan fingerprint density at radius 2 is 1.96 bits per heavy atom. The Labute approximate surface area is 149 Å². The average Bonchev–Trinajstić information content (AvgIpc) is 3.08. The number of fused-ring (bicyclic) bond motifs is 4. The molecule has 2 atom stereocenters. The third-order valence-electron chi connectivity index (χ3n) is 6.59. The van der Waals surface area contributed by atoms with E-state index in [1.807, 2.05) is 4.90 Å². The predicted octanol–water partition coefficient (Wildman–Crippen LogP) is 3.05. The van der Waals surface area contributed by atoms with E-state index in [0.29, 0.717) is 5.92 Å². The number of amides is 1. The summed E-state index contributed by atoms with van der Waals surface area (Å²) in [6.07, 6.45) is 11.7. The molecule has 2 heterocycles. The molecule has 2 aliphatic carbocycles. The standard InChI is InChI=1S/C19H30N4O2/c1-3-16-20-18-22(17(24)13-25-2)15-10-6-5-9-14(15)19(23(18)21-16)11-7-4-8-12-19/h14-15H,3-13H2,1-2H3. The molecule has 1 aliphatic heterocycles. The van der Waals surface area contributed by atoms with Crippen molar-refractivity contribution in [3.05, 3.63) is 5.82 Å². The lowest BCUT2D eigenvalue weighted by atomic mass is 9.64. The summed E-state index contributed by atoms with van der Waals surface area (Å²) in [5, 5.41) is 4.90. The van der Waals surface area contributed by atoms with Crippen LogP contribution in [0.5, 0.6) is 0 Å². The Morgan fingerprint density at radius 1 is 1.20 bits per heavy atom. The zero-order chi connectivity index (χ0) is 17.4. The first-order chi connectivity index (χ1) is 12.2. The highest BCUT2D eigenvalue weighted by molar-refractivity contribution is 5.93. The summed E-state index contributed by atoms with van der Waals surface area (Å²) in [4.78, 5) is 19.6. The van der Waals surface area contributed by atoms with Crippen LogP contribution in [0.25, 0.3) is 0 Å². The van der Waals surface area contributed by atoms with E-state index in [-0.39, 0.29) is 24.1 Å². The van der Waals surface area contributed by atoms with Crippen molar-refractivity contribution in [2.45, 2.75) is 82.7 Å². The molecule has 6 heteroatoms. The van der Waals surface area contributed by atoms with Gasteiger partial charge in [-0.1, -0.05) is 39.0 Å². The topological polar surface area (TPSA) is 60.2 Å². The van der Waals surface area contributed by atoms with Gasteiger partial charge in [0.25, 0.3) is 5.91 Å². The summed E-state index contributed by atoms with van der Waals surface area (Å²) < 4.78 is 7.34. The number of hydrogen-bond acceptors (Lipinski definition) is 4. The highest BCUT2D eigenvalue weighted by Crippen LogP contribution is 2.52. The molecule has 138 valence electrons. The molecule has 0 radical (unpaired) electrons. The van der Waals surface area contributed by atoms with Crippen molar-refractivity contribution in [3.63, 3.8) is 0 Å². The number of carbonyl (C=O) groups excluding carboxylic acids is 1. The first-order valence-electron chi connectivity index (χ1n) is 9.98. The molecule has 6 nitrogen and oxygen atoms in total. The van der Waals surface area contributed by atoms with Crippen molar-refractivity contribution in [3.8, 4) is 0 Å². The summed E-state index contributed by atoms with van der Waals surface area (Å²) >= 11 is 0. The third-order valence-corrected chi connectivity index (χ3v) is 6.59. The lowest BCUT2D eigenvalue weighted by molar-refractivity contribution is -0.124. The molecule has 3 aliphatic rings. The van der Waals surface area contributed by atoms with Gasteiger partial charge in [0, 0.05) is 25.5 Å². The van der Waals surface area contributed by atoms with E-state index in [4.69, 9.17) is 14.8 Å². The van der Waals surface area contributed by atoms with E-state index < -0.39 is 0 Å². The van der Waals surface area contributed by atoms with Crippen LogP contribution in [-0.4, -0.2) is 40.4 Å². The van der Waals surface area contributed by atoms with Crippen molar-refractivity contribution < 1.29 is 9.53 Å². The number of rotatable bonds is 3. The van der Waals surface area contributed by atoms with Crippen LogP contribution in [0, 0.1) is 5.92 Å². The molecule has 2 saturated carbocycles. The number of aryl methyl sites for hydroxylation is 1. The summed E-state index contributed by atoms with van der Waals surface area (Å²) in [6.45, 7) is 2.20. The molecular formula is C19H30N4O2. The Kier molecular flexibility index (Phi) is 4.56. The molecule has 1 aromatic heterocycles. The smallest absolute Gasteiger partial charge is 0.255 e. The Balaban J connectivity index is 1.85. The molecule has 1 aromatic rings. The monoisotopic (exact) mass is 346 g/mol. The summed E-state index contributed by atoms with van der Waals surface area (Å²) in [6, 6.07) is 0.260. The van der Waals surface area contributed by atoms with E-state index in [9.17, 15) is 4.79 Å². The van der Waals surface area contributed by atoms with Crippen molar-refractivity contribution >= 4 is 11.9 Å². The molecule has 1 spiro atoms. The van der Waals surface area contributed by atoms with Gasteiger partial charge in [-0.15, -0.1) is 0 Å². The van der Waals surface area contributed by atoms with E-state index in [2.05, 4.69) is 11.6 Å². The molecule has 2 unspecified atom stereocenters. The number of carbonyl (C=O) groups is 1. The minimum atomic E-state index is 0.0290. The van der Waals surface area contributed by atoms with Crippen molar-refractivity contribution in [1.29, 1.82) is 0 Å². The lowest BCUT2D eigenvalue weighted by Gasteiger charge is -2.55. The van der Waals surface area contributed by atoms with Gasteiger partial charge in [0.1, 0.15) is 6.61 Å². The number of anilines is 1. The number of ether oxygens (including phenoxy) is 1. The molecule has 0 N–H and O–H groups in total. The fourth-order valence-electron chi connectivity index (χ4n) is 5.54. The number of hydrogen-bond donors (Lipinski definition) is 0. The van der Waals surface area contributed by atoms with Crippen LogP contribution in [0.15, 0.2) is 0 Å². The largest absolute Gasteiger partial charge is 0.375 e. The van der Waals surface area contributed by atoms with Gasteiger partial charge in [0.05, 0.1) is 5.54 Å². The molecule has 25 heavy (non-hydrogen) atoms. The quantitative estimate of drug-likeness (QED) is 0.844. The van der Waals surface area contributed by atoms with E-state index >= 15 is 0 Å². The highest BCUT2D eigenvalue weighted by Gasteiger charge is 2.54. The maximum absolute atomic E-state index is 12.9. The minimum Gasteiger partial charge on any atom is -0.375 e. The van der Waals surface area contributed by atoms with Crippen LogP contribution in [0.1, 0.15) is 70.5 Å². The summed E-state index contributed by atoms with van der Waals surface area (Å²) in [5.41, 5.74) is 0.0724. The SMILES string of the molecule is CCc1nc2n(n1)C1(CCCCC1)C1CCCCC1N2C(=O)COC. The van der Waals surface area contributed by atoms with Crippen LogP contribution < -0.4 is 4.90 Å². The van der Waals surface area contributed by atoms with E-state index in [0.717, 1.165) is 24.6 Å². The molecule has 0 saturated heterocycles. The van der Waals surface area contributed by atoms with Gasteiger partial charge in [-0.3, -0.25) is 9.69 Å². The fourth-order valence-corrected chi connectivity index (χ4v) is 5.54. The van der Waals surface area contributed by atoms with Gasteiger partial charge in [-0.2, -0.15) is 10.1 Å². The average molecular weight is 346 g/mol. The van der Waals surface area contributed by atoms with Gasteiger partial charge in [-0.05, 0) is 25.7 Å². The van der Waals surface area contributed by atoms with Gasteiger partial charge in [0.15, 0.2) is 5.82 Å². The van der Waals surface area contributed by atoms with Crippen LogP contribution in [0.4, 0.5) is 5.95 Å². The van der Waals surface area contributed by atoms with Crippen LogP contribution in [-0.2, 0) is 21.5 Å². The van der Waals surface area contributed by atoms with Gasteiger partial charge in [-0.25, -0.2) is 4.68 Å². The summed E-state index contributed by atoms with van der Waals surface area (Å²) in [5.74, 6) is 2.17. The van der Waals surface area contributed by atoms with Crippen molar-refractivity contribution in [1.82, 2.24) is 14.8 Å². The molecule has 1 amide bonds. The highest BCUT2D eigenvalue weighted by atomic mass is 16.5. The predicted molar refractivity (Wildman–Crippen MR) is 95.6 cm³/mol. The molecule has 2 fully saturated rings. The Bertz CT molecular complexity index is 635. The molecule has 0 aromatic carbocycles. The second-order valence-electron chi connectivity index (χ2n) is 7.91. The maximum Gasteiger partial charge on any atom is 0.255 e.